The molecule has 17 heavy (non-hydrogen) atoms. The minimum atomic E-state index is 0.438. The van der Waals surface area contributed by atoms with E-state index in [1.807, 2.05) is 0 Å². The Morgan fingerprint density at radius 2 is 1.94 bits per heavy atom. The van der Waals surface area contributed by atoms with Gasteiger partial charge in [0.05, 0.1) is 0 Å². The molecule has 0 bridgehead atoms. The van der Waals surface area contributed by atoms with Gasteiger partial charge in [-0.3, -0.25) is 4.79 Å². The van der Waals surface area contributed by atoms with Crippen molar-refractivity contribution in [3.63, 3.8) is 0 Å². The van der Waals surface area contributed by atoms with Gasteiger partial charge in [-0.2, -0.15) is 0 Å². The highest BCUT2D eigenvalue weighted by Gasteiger charge is 2.58. The number of hydrogen-bond acceptors (Lipinski definition) is 1. The Hall–Kier alpha value is -0.0500. The van der Waals surface area contributed by atoms with Crippen molar-refractivity contribution in [3.8, 4) is 0 Å². The Balaban J connectivity index is 1.57. The SMILES string of the molecule is O=C(C1C2CCCC21)N1CCCC1CCCBr. The second-order valence-electron chi connectivity index (χ2n) is 5.94. The van der Waals surface area contributed by atoms with Gasteiger partial charge in [0, 0.05) is 23.8 Å². The molecule has 3 atom stereocenters. The van der Waals surface area contributed by atoms with Crippen molar-refractivity contribution in [1.82, 2.24) is 4.90 Å². The topological polar surface area (TPSA) is 20.3 Å². The number of halogens is 1. The zero-order valence-electron chi connectivity index (χ0n) is 10.4. The number of fused-ring (bicyclic) bond motifs is 1. The summed E-state index contributed by atoms with van der Waals surface area (Å²) in [6, 6.07) is 0.557. The van der Waals surface area contributed by atoms with Crippen molar-refractivity contribution < 1.29 is 4.79 Å². The molecule has 0 N–H and O–H groups in total. The predicted molar refractivity (Wildman–Crippen MR) is 72.1 cm³/mol. The van der Waals surface area contributed by atoms with E-state index in [1.165, 1.54) is 44.9 Å². The van der Waals surface area contributed by atoms with Crippen molar-refractivity contribution in [2.75, 3.05) is 11.9 Å². The third kappa shape index (κ3) is 2.16. The van der Waals surface area contributed by atoms with Gasteiger partial charge in [0.1, 0.15) is 0 Å². The Kier molecular flexibility index (Phi) is 3.47. The van der Waals surface area contributed by atoms with Crippen LogP contribution in [-0.2, 0) is 4.79 Å². The van der Waals surface area contributed by atoms with E-state index < -0.39 is 0 Å². The average molecular weight is 300 g/mol. The highest BCUT2D eigenvalue weighted by molar-refractivity contribution is 9.09. The van der Waals surface area contributed by atoms with E-state index in [2.05, 4.69) is 20.8 Å². The number of alkyl halides is 1. The van der Waals surface area contributed by atoms with E-state index >= 15 is 0 Å². The largest absolute Gasteiger partial charge is 0.339 e. The summed E-state index contributed by atoms with van der Waals surface area (Å²) in [5, 5.41) is 1.07. The number of hydrogen-bond donors (Lipinski definition) is 0. The van der Waals surface area contributed by atoms with Gasteiger partial charge in [0.2, 0.25) is 5.91 Å². The number of carbonyl (C=O) groups is 1. The van der Waals surface area contributed by atoms with Crippen molar-refractivity contribution in [1.29, 1.82) is 0 Å². The first kappa shape index (κ1) is 12.0. The predicted octanol–water partition coefficient (Wildman–Crippen LogP) is 3.20. The molecular weight excluding hydrogens is 278 g/mol. The molecule has 0 spiro atoms. The lowest BCUT2D eigenvalue weighted by molar-refractivity contribution is -0.134. The Morgan fingerprint density at radius 3 is 2.65 bits per heavy atom. The highest BCUT2D eigenvalue weighted by atomic mass is 79.9. The van der Waals surface area contributed by atoms with Gasteiger partial charge in [0.15, 0.2) is 0 Å². The van der Waals surface area contributed by atoms with Crippen LogP contribution in [0.2, 0.25) is 0 Å². The first-order valence-electron chi connectivity index (χ1n) is 7.19. The monoisotopic (exact) mass is 299 g/mol. The number of nitrogens with zero attached hydrogens (tertiary/aromatic N) is 1. The van der Waals surface area contributed by atoms with E-state index in [4.69, 9.17) is 0 Å². The minimum absolute atomic E-state index is 0.438. The van der Waals surface area contributed by atoms with Crippen LogP contribution in [0, 0.1) is 17.8 Å². The third-order valence-electron chi connectivity index (χ3n) is 5.02. The summed E-state index contributed by atoms with van der Waals surface area (Å²) in [6.07, 6.45) is 8.86. The fourth-order valence-corrected chi connectivity index (χ4v) is 4.44. The molecule has 1 aliphatic heterocycles. The molecule has 3 heteroatoms. The van der Waals surface area contributed by atoms with Crippen molar-refractivity contribution >= 4 is 21.8 Å². The summed E-state index contributed by atoms with van der Waals surface area (Å²) in [7, 11) is 0. The second-order valence-corrected chi connectivity index (χ2v) is 6.74. The molecule has 0 radical (unpaired) electrons. The average Bonchev–Trinajstić information content (AvgIpc) is 2.76. The molecule has 3 aliphatic rings. The molecule has 3 unspecified atom stereocenters. The van der Waals surface area contributed by atoms with Gasteiger partial charge in [-0.15, -0.1) is 0 Å². The molecule has 1 saturated heterocycles. The Bertz CT molecular complexity index is 297. The van der Waals surface area contributed by atoms with Gasteiger partial charge in [-0.25, -0.2) is 0 Å². The lowest BCUT2D eigenvalue weighted by Gasteiger charge is -2.25. The molecule has 0 aromatic carbocycles. The second kappa shape index (κ2) is 4.91. The van der Waals surface area contributed by atoms with Crippen LogP contribution in [0.5, 0.6) is 0 Å². The summed E-state index contributed by atoms with van der Waals surface area (Å²) in [4.78, 5) is 14.7. The molecule has 3 rings (SSSR count). The fraction of sp³-hybridized carbons (Fsp3) is 0.929. The molecule has 96 valence electrons. The van der Waals surface area contributed by atoms with Crippen molar-refractivity contribution in [3.05, 3.63) is 0 Å². The van der Waals surface area contributed by atoms with Crippen LogP contribution >= 0.6 is 15.9 Å². The van der Waals surface area contributed by atoms with Gasteiger partial charge in [-0.05, 0) is 50.4 Å². The van der Waals surface area contributed by atoms with Crippen molar-refractivity contribution in [2.45, 2.75) is 51.0 Å². The van der Waals surface area contributed by atoms with E-state index in [0.717, 1.165) is 23.7 Å². The van der Waals surface area contributed by atoms with Crippen LogP contribution < -0.4 is 0 Å². The summed E-state index contributed by atoms with van der Waals surface area (Å²) >= 11 is 3.49. The van der Waals surface area contributed by atoms with Crippen LogP contribution in [0.15, 0.2) is 0 Å². The van der Waals surface area contributed by atoms with Crippen LogP contribution in [0.3, 0.4) is 0 Å². The standard InChI is InChI=1S/C14H22BrNO/c15-8-2-4-10-5-3-9-16(10)14(17)13-11-6-1-7-12(11)13/h10-13H,1-9H2. The highest BCUT2D eigenvalue weighted by Crippen LogP contribution is 2.58. The van der Waals surface area contributed by atoms with E-state index in [9.17, 15) is 4.79 Å². The summed E-state index contributed by atoms with van der Waals surface area (Å²) in [5.41, 5.74) is 0. The van der Waals surface area contributed by atoms with E-state index in [1.54, 1.807) is 0 Å². The summed E-state index contributed by atoms with van der Waals surface area (Å²) in [5.74, 6) is 2.50. The normalized spacial score (nSPS) is 39.5. The summed E-state index contributed by atoms with van der Waals surface area (Å²) < 4.78 is 0. The van der Waals surface area contributed by atoms with Crippen LogP contribution in [0.4, 0.5) is 0 Å². The molecule has 2 aliphatic carbocycles. The zero-order valence-corrected chi connectivity index (χ0v) is 12.0. The number of likely N-dealkylation sites (tertiary alicyclic amines) is 1. The van der Waals surface area contributed by atoms with Gasteiger partial charge in [-0.1, -0.05) is 22.4 Å². The maximum atomic E-state index is 12.5. The Morgan fingerprint density at radius 1 is 1.18 bits per heavy atom. The minimum Gasteiger partial charge on any atom is -0.339 e. The molecule has 0 aromatic heterocycles. The Labute approximate surface area is 112 Å². The lowest BCUT2D eigenvalue weighted by atomic mass is 10.1. The van der Waals surface area contributed by atoms with E-state index in [0.29, 0.717) is 17.9 Å². The number of amides is 1. The smallest absolute Gasteiger partial charge is 0.226 e. The van der Waals surface area contributed by atoms with Crippen molar-refractivity contribution in [2.24, 2.45) is 17.8 Å². The summed E-state index contributed by atoms with van der Waals surface area (Å²) in [6.45, 7) is 1.03. The molecule has 2 nitrogen and oxygen atoms in total. The van der Waals surface area contributed by atoms with E-state index in [-0.39, 0.29) is 0 Å². The first-order chi connectivity index (χ1) is 8.33. The molecule has 2 saturated carbocycles. The first-order valence-corrected chi connectivity index (χ1v) is 8.31. The molecule has 3 fully saturated rings. The quantitative estimate of drug-likeness (QED) is 0.730. The maximum Gasteiger partial charge on any atom is 0.226 e. The van der Waals surface area contributed by atoms with Crippen LogP contribution in [0.25, 0.3) is 0 Å². The zero-order chi connectivity index (χ0) is 11.8. The van der Waals surface area contributed by atoms with Gasteiger partial charge < -0.3 is 4.90 Å². The molecule has 0 aromatic rings. The number of rotatable bonds is 4. The molecule has 1 amide bonds. The maximum absolute atomic E-state index is 12.5. The fourth-order valence-electron chi connectivity index (χ4n) is 4.12. The van der Waals surface area contributed by atoms with Crippen LogP contribution in [-0.4, -0.2) is 28.7 Å². The lowest BCUT2D eigenvalue weighted by Crippen LogP contribution is -2.37. The number of carbonyl (C=O) groups excluding carboxylic acids is 1. The van der Waals surface area contributed by atoms with Gasteiger partial charge >= 0.3 is 0 Å². The van der Waals surface area contributed by atoms with Gasteiger partial charge in [0.25, 0.3) is 0 Å². The molecular formula is C14H22BrNO. The molecule has 1 heterocycles. The van der Waals surface area contributed by atoms with Crippen LogP contribution in [0.1, 0.15) is 44.9 Å². The third-order valence-corrected chi connectivity index (χ3v) is 5.58.